The molecule has 5 nitrogen and oxygen atoms in total. The highest BCUT2D eigenvalue weighted by Gasteiger charge is 2.47. The molecule has 150 valence electrons. The molecule has 2 fully saturated rings. The van der Waals surface area contributed by atoms with Gasteiger partial charge in [-0.1, -0.05) is 45.3 Å². The quantitative estimate of drug-likeness (QED) is 0.384. The molecule has 1 saturated heterocycles. The van der Waals surface area contributed by atoms with Crippen LogP contribution in [-0.4, -0.2) is 45.7 Å². The van der Waals surface area contributed by atoms with Crippen LogP contribution in [0.3, 0.4) is 0 Å². The van der Waals surface area contributed by atoms with Gasteiger partial charge in [-0.05, 0) is 37.5 Å². The Morgan fingerprint density at radius 3 is 2.73 bits per heavy atom. The van der Waals surface area contributed by atoms with Crippen LogP contribution in [0.25, 0.3) is 0 Å². The number of aliphatic hydroxyl groups excluding tert-OH is 2. The van der Waals surface area contributed by atoms with Crippen LogP contribution >= 0.6 is 0 Å². The third-order valence-corrected chi connectivity index (χ3v) is 6.09. The van der Waals surface area contributed by atoms with Crippen LogP contribution in [0.15, 0.2) is 12.2 Å². The first kappa shape index (κ1) is 21.4. The molecule has 0 radical (unpaired) electrons. The molecule has 2 aliphatic rings. The van der Waals surface area contributed by atoms with Crippen molar-refractivity contribution in [1.29, 1.82) is 0 Å². The summed E-state index contributed by atoms with van der Waals surface area (Å²) in [6, 6.07) is 0. The van der Waals surface area contributed by atoms with E-state index in [1.165, 1.54) is 0 Å². The molecule has 1 heterocycles. The molecule has 2 rings (SSSR count). The lowest BCUT2D eigenvalue weighted by Crippen LogP contribution is -2.21. The maximum atomic E-state index is 10.6. The van der Waals surface area contributed by atoms with Crippen LogP contribution in [0.1, 0.15) is 71.6 Å². The number of aliphatic carboxylic acids is 1. The van der Waals surface area contributed by atoms with E-state index in [1.54, 1.807) is 0 Å². The first-order valence-corrected chi connectivity index (χ1v) is 10.3. The number of ether oxygens (including phenoxy) is 1. The number of carboxylic acid groups (broad SMARTS) is 1. The fourth-order valence-electron chi connectivity index (χ4n) is 4.41. The molecule has 1 aliphatic carbocycles. The number of fused-ring (bicyclic) bond motifs is 1. The number of carboxylic acids is 1. The molecule has 5 heteroatoms. The molecular formula is C21H36O5. The van der Waals surface area contributed by atoms with Gasteiger partial charge in [-0.15, -0.1) is 0 Å². The zero-order valence-corrected chi connectivity index (χ0v) is 16.2. The van der Waals surface area contributed by atoms with Gasteiger partial charge in [-0.3, -0.25) is 4.79 Å². The maximum Gasteiger partial charge on any atom is 0.303 e. The number of rotatable bonds is 11. The molecule has 26 heavy (non-hydrogen) atoms. The number of aliphatic hydroxyl groups is 2. The summed E-state index contributed by atoms with van der Waals surface area (Å²) in [7, 11) is 0. The number of unbranched alkanes of at least 4 members (excludes halogenated alkanes) is 2. The Balaban J connectivity index is 1.80. The third-order valence-electron chi connectivity index (χ3n) is 6.09. The molecular weight excluding hydrogens is 332 g/mol. The topological polar surface area (TPSA) is 87.0 Å². The Morgan fingerprint density at radius 1 is 1.27 bits per heavy atom. The normalized spacial score (nSPS) is 33.5. The average molecular weight is 369 g/mol. The monoisotopic (exact) mass is 368 g/mol. The summed E-state index contributed by atoms with van der Waals surface area (Å²) in [6.07, 6.45) is 10.8. The summed E-state index contributed by atoms with van der Waals surface area (Å²) in [5, 5.41) is 29.4. The van der Waals surface area contributed by atoms with Gasteiger partial charge in [-0.25, -0.2) is 0 Å². The number of hydrogen-bond donors (Lipinski definition) is 3. The van der Waals surface area contributed by atoms with Gasteiger partial charge in [0.15, 0.2) is 0 Å². The molecule has 0 amide bonds. The number of hydrogen-bond acceptors (Lipinski definition) is 4. The highest BCUT2D eigenvalue weighted by Crippen LogP contribution is 2.45. The molecule has 0 aromatic carbocycles. The molecule has 1 aliphatic heterocycles. The van der Waals surface area contributed by atoms with E-state index in [9.17, 15) is 15.0 Å². The maximum absolute atomic E-state index is 10.6. The van der Waals surface area contributed by atoms with Crippen molar-refractivity contribution >= 4 is 5.97 Å². The predicted molar refractivity (Wildman–Crippen MR) is 101 cm³/mol. The van der Waals surface area contributed by atoms with Crippen molar-refractivity contribution in [2.75, 3.05) is 0 Å². The van der Waals surface area contributed by atoms with Crippen LogP contribution in [0.5, 0.6) is 0 Å². The minimum Gasteiger partial charge on any atom is -0.481 e. The van der Waals surface area contributed by atoms with Gasteiger partial charge in [0.2, 0.25) is 0 Å². The van der Waals surface area contributed by atoms with Gasteiger partial charge in [0.1, 0.15) is 0 Å². The molecule has 0 aromatic rings. The largest absolute Gasteiger partial charge is 0.481 e. The highest BCUT2D eigenvalue weighted by molar-refractivity contribution is 5.66. The van der Waals surface area contributed by atoms with Crippen molar-refractivity contribution in [3.8, 4) is 0 Å². The van der Waals surface area contributed by atoms with Gasteiger partial charge in [0.25, 0.3) is 0 Å². The minimum absolute atomic E-state index is 0.0528. The van der Waals surface area contributed by atoms with E-state index in [-0.39, 0.29) is 30.5 Å². The summed E-state index contributed by atoms with van der Waals surface area (Å²) in [5.41, 5.74) is 0. The Labute approximate surface area is 157 Å². The molecule has 0 aromatic heterocycles. The summed E-state index contributed by atoms with van der Waals surface area (Å²) < 4.78 is 6.10. The first-order valence-electron chi connectivity index (χ1n) is 10.3. The zero-order valence-electron chi connectivity index (χ0n) is 16.2. The van der Waals surface area contributed by atoms with Crippen molar-refractivity contribution in [2.24, 2.45) is 17.8 Å². The summed E-state index contributed by atoms with van der Waals surface area (Å²) >= 11 is 0. The fraction of sp³-hybridized carbons (Fsp3) is 0.857. The van der Waals surface area contributed by atoms with E-state index in [1.807, 2.05) is 12.2 Å². The standard InChI is InChI=1S/C21H36O5/c1-3-4-7-14(2)18(22)11-10-16-17-12-15(8-5-6-9-21(24)25)26-20(17)13-19(16)23/h10-11,14-20,22-23H,3-9,12-13H2,1-2H3,(H,24,25)/b11-10+/t14-,15?,16+,17+,18+,19+,20+/m0/s1. The molecule has 0 bridgehead atoms. The highest BCUT2D eigenvalue weighted by atomic mass is 16.5. The predicted octanol–water partition coefficient (Wildman–Crippen LogP) is 3.53. The van der Waals surface area contributed by atoms with Crippen LogP contribution in [0, 0.1) is 17.8 Å². The van der Waals surface area contributed by atoms with E-state index in [2.05, 4.69) is 13.8 Å². The van der Waals surface area contributed by atoms with Crippen molar-refractivity contribution < 1.29 is 24.9 Å². The van der Waals surface area contributed by atoms with Gasteiger partial charge >= 0.3 is 5.97 Å². The van der Waals surface area contributed by atoms with Gasteiger partial charge in [-0.2, -0.15) is 0 Å². The summed E-state index contributed by atoms with van der Waals surface area (Å²) in [6.45, 7) is 4.23. The first-order chi connectivity index (χ1) is 12.4. The van der Waals surface area contributed by atoms with E-state index in [0.717, 1.165) is 38.5 Å². The van der Waals surface area contributed by atoms with Crippen LogP contribution in [-0.2, 0) is 9.53 Å². The lowest BCUT2D eigenvalue weighted by Gasteiger charge is -2.19. The second-order valence-corrected chi connectivity index (χ2v) is 8.21. The molecule has 1 saturated carbocycles. The van der Waals surface area contributed by atoms with Gasteiger partial charge in [0, 0.05) is 18.8 Å². The Hall–Kier alpha value is -0.910. The van der Waals surface area contributed by atoms with Crippen LogP contribution in [0.4, 0.5) is 0 Å². The van der Waals surface area contributed by atoms with Crippen molar-refractivity contribution in [3.05, 3.63) is 12.2 Å². The molecule has 1 unspecified atom stereocenters. The Morgan fingerprint density at radius 2 is 2.04 bits per heavy atom. The summed E-state index contributed by atoms with van der Waals surface area (Å²) in [5.74, 6) is -0.141. The van der Waals surface area contributed by atoms with E-state index < -0.39 is 18.2 Å². The average Bonchev–Trinajstić information content (AvgIpc) is 3.10. The Bertz CT molecular complexity index is 463. The van der Waals surface area contributed by atoms with Crippen molar-refractivity contribution in [1.82, 2.24) is 0 Å². The zero-order chi connectivity index (χ0) is 19.1. The molecule has 0 spiro atoms. The van der Waals surface area contributed by atoms with Crippen LogP contribution < -0.4 is 0 Å². The van der Waals surface area contributed by atoms with E-state index >= 15 is 0 Å². The summed E-state index contributed by atoms with van der Waals surface area (Å²) in [4.78, 5) is 10.6. The van der Waals surface area contributed by atoms with Crippen molar-refractivity contribution in [3.63, 3.8) is 0 Å². The Kier molecular flexibility index (Phi) is 8.58. The van der Waals surface area contributed by atoms with Gasteiger partial charge < -0.3 is 20.1 Å². The SMILES string of the molecule is CCCC[C@H](C)[C@H](O)/C=C/[C@@H]1[C@H]2CC(CCCCC(=O)O)O[C@@H]2C[C@H]1O. The van der Waals surface area contributed by atoms with Crippen LogP contribution in [0.2, 0.25) is 0 Å². The molecule has 3 N–H and O–H groups in total. The minimum atomic E-state index is -0.741. The van der Waals surface area contributed by atoms with E-state index in [4.69, 9.17) is 9.84 Å². The van der Waals surface area contributed by atoms with Gasteiger partial charge in [0.05, 0.1) is 24.4 Å². The second kappa shape index (κ2) is 10.4. The smallest absolute Gasteiger partial charge is 0.303 e. The number of carbonyl (C=O) groups is 1. The van der Waals surface area contributed by atoms with Crippen molar-refractivity contribution in [2.45, 2.75) is 96.1 Å². The lowest BCUT2D eigenvalue weighted by atomic mass is 9.88. The fourth-order valence-corrected chi connectivity index (χ4v) is 4.41. The van der Waals surface area contributed by atoms with E-state index in [0.29, 0.717) is 18.8 Å². The molecule has 7 atom stereocenters. The third kappa shape index (κ3) is 6.07. The lowest BCUT2D eigenvalue weighted by molar-refractivity contribution is -0.137. The second-order valence-electron chi connectivity index (χ2n) is 8.21.